The van der Waals surface area contributed by atoms with Gasteiger partial charge < -0.3 is 35.2 Å². The Morgan fingerprint density at radius 2 is 1.24 bits per heavy atom. The number of carbonyl (C=O) groups is 3. The minimum atomic E-state index is -4.78. The van der Waals surface area contributed by atoms with Crippen molar-refractivity contribution in [1.82, 2.24) is 53.6 Å². The first kappa shape index (κ1) is 56.9. The maximum atomic E-state index is 14.6. The van der Waals surface area contributed by atoms with Gasteiger partial charge in [-0.15, -0.1) is 5.10 Å². The topological polar surface area (TPSA) is 242 Å². The molecule has 1 unspecified atom stereocenters. The predicted molar refractivity (Wildman–Crippen MR) is 304 cm³/mol. The highest BCUT2D eigenvalue weighted by Gasteiger charge is 2.36. The Labute approximate surface area is 496 Å². The standard InChI is InChI=1S/C59H44F7N17O6/c60-35-18-21-79(31-35)49-28-34(52-67-30-44(83(52)77-49)57(86)76-45-12-5-15-48(71-45)78-24-26-87-27-25-78)33-88-50-16-6-13-46(72-50)75-56(85)39-32-82(81-23-20-43(70-54(39)81)37-9-2-4-11-41(37)59(64,65)66)89-51-17-7-14-47(73-51)74-55(84)38-29-68-80-22-19-42(69-53(38)80)36-8-1-3-10-40(36)58(61,62)63/h1-17,19-20,22-23,28-30,32,35H,18,21,24-27,31,33H2,(H2-,71,72,73,74,75,76,84,85,86)/p+1. The smallest absolute Gasteiger partial charge is 0.417 e. The van der Waals surface area contributed by atoms with Gasteiger partial charge in [0.1, 0.15) is 52.3 Å². The van der Waals surface area contributed by atoms with Gasteiger partial charge in [-0.25, -0.2) is 33.4 Å². The lowest BCUT2D eigenvalue weighted by Gasteiger charge is -2.27. The molecule has 2 aliphatic heterocycles. The van der Waals surface area contributed by atoms with Gasteiger partial charge in [-0.05, 0) is 61.0 Å². The van der Waals surface area contributed by atoms with Crippen molar-refractivity contribution in [2.75, 3.05) is 65.1 Å². The Morgan fingerprint density at radius 1 is 0.618 bits per heavy atom. The summed E-state index contributed by atoms with van der Waals surface area (Å²) in [5.41, 5.74) is -2.47. The summed E-state index contributed by atoms with van der Waals surface area (Å²) in [5, 5.41) is 17.0. The van der Waals surface area contributed by atoms with E-state index in [2.05, 4.69) is 51.0 Å². The molecular formula is C59H45F7N17O6+. The number of morpholine rings is 1. The van der Waals surface area contributed by atoms with Crippen LogP contribution in [-0.2, 0) is 23.7 Å². The number of halogens is 7. The first-order chi connectivity index (χ1) is 43.0. The largest absolute Gasteiger partial charge is 0.473 e. The minimum absolute atomic E-state index is 0.0108. The van der Waals surface area contributed by atoms with Crippen LogP contribution in [0.3, 0.4) is 0 Å². The van der Waals surface area contributed by atoms with Crippen LogP contribution < -0.4 is 40.2 Å². The van der Waals surface area contributed by atoms with Crippen LogP contribution in [0.1, 0.15) is 54.3 Å². The molecule has 9 aromatic heterocycles. The molecule has 30 heteroatoms. The monoisotopic (exact) mass is 1220 g/mol. The van der Waals surface area contributed by atoms with Crippen molar-refractivity contribution in [2.24, 2.45) is 0 Å². The lowest BCUT2D eigenvalue weighted by Crippen LogP contribution is -2.44. The van der Waals surface area contributed by atoms with Gasteiger partial charge in [0, 0.05) is 54.7 Å². The van der Waals surface area contributed by atoms with Crippen LogP contribution >= 0.6 is 0 Å². The van der Waals surface area contributed by atoms with E-state index in [9.17, 15) is 45.1 Å². The number of nitrogens with zero attached hydrogens (tertiary/aromatic N) is 14. The van der Waals surface area contributed by atoms with Gasteiger partial charge in [-0.3, -0.25) is 14.4 Å². The second kappa shape index (κ2) is 23.3. The summed E-state index contributed by atoms with van der Waals surface area (Å²) in [5.74, 6) is -1.17. The van der Waals surface area contributed by atoms with Gasteiger partial charge in [-0.2, -0.15) is 46.2 Å². The molecule has 1 atom stereocenters. The molecule has 2 fully saturated rings. The molecule has 0 saturated carbocycles. The predicted octanol–water partition coefficient (Wildman–Crippen LogP) is 8.83. The summed E-state index contributed by atoms with van der Waals surface area (Å²) in [4.78, 5) is 80.0. The Morgan fingerprint density at radius 3 is 1.92 bits per heavy atom. The molecular weight excluding hydrogens is 1180 g/mol. The molecule has 2 aromatic carbocycles. The number of aromatic nitrogens is 12. The quantitative estimate of drug-likeness (QED) is 0.0641. The van der Waals surface area contributed by atoms with Crippen molar-refractivity contribution < 1.29 is 64.3 Å². The Balaban J connectivity index is 0.762. The van der Waals surface area contributed by atoms with Crippen molar-refractivity contribution in [3.63, 3.8) is 0 Å². The van der Waals surface area contributed by atoms with E-state index in [1.54, 1.807) is 29.2 Å². The number of carbonyl (C=O) groups excluding carboxylic acids is 3. The van der Waals surface area contributed by atoms with Crippen molar-refractivity contribution >= 4 is 63.8 Å². The van der Waals surface area contributed by atoms with E-state index < -0.39 is 47.4 Å². The van der Waals surface area contributed by atoms with E-state index >= 15 is 0 Å². The number of hydrogen-bond acceptors (Lipinski definition) is 16. The first-order valence-corrected chi connectivity index (χ1v) is 27.3. The lowest BCUT2D eigenvalue weighted by molar-refractivity contribution is -0.926. The van der Waals surface area contributed by atoms with Gasteiger partial charge in [0.05, 0.1) is 60.9 Å². The fourth-order valence-electron chi connectivity index (χ4n) is 10.2. The fraction of sp³-hybridized carbons (Fsp3) is 0.186. The number of amides is 3. The number of imidazole rings is 1. The molecule has 2 saturated heterocycles. The number of pyridine rings is 3. The van der Waals surface area contributed by atoms with Crippen LogP contribution in [0.5, 0.6) is 11.8 Å². The molecule has 0 spiro atoms. The summed E-state index contributed by atoms with van der Waals surface area (Å²) < 4.78 is 115. The zero-order valence-electron chi connectivity index (χ0n) is 46.0. The molecule has 2 aliphatic rings. The normalized spacial score (nSPS) is 14.6. The van der Waals surface area contributed by atoms with E-state index in [-0.39, 0.29) is 99.2 Å². The highest BCUT2D eigenvalue weighted by molar-refractivity contribution is 6.08. The SMILES string of the molecule is O=C(Nc1cccc(O[n+]2cc(C(=O)Nc3cccc(OCc4cc(N5CCC(F)C5)nn5c(C(=O)Nc6cccc(N7CCOCC7)n6)cnc45)n3)c3nc(-c4ccccc4C(F)(F)F)ccn32)n1)c1cnn2ccc(-c3ccccc3C(F)(F)F)nc12. The molecule has 0 radical (unpaired) electrons. The number of alkyl halides is 7. The maximum absolute atomic E-state index is 14.6. The fourth-order valence-corrected chi connectivity index (χ4v) is 10.2. The highest BCUT2D eigenvalue weighted by Crippen LogP contribution is 2.38. The molecule has 11 heterocycles. The van der Waals surface area contributed by atoms with E-state index in [1.165, 1.54) is 123 Å². The molecule has 3 amide bonds. The molecule has 0 aliphatic carbocycles. The summed E-state index contributed by atoms with van der Waals surface area (Å²) in [7, 11) is 0. The average molecular weight is 1220 g/mol. The molecule has 23 nitrogen and oxygen atoms in total. The van der Waals surface area contributed by atoms with Crippen LogP contribution in [0.25, 0.3) is 39.5 Å². The lowest BCUT2D eigenvalue weighted by atomic mass is 10.0. The van der Waals surface area contributed by atoms with Gasteiger partial charge in [0.15, 0.2) is 22.6 Å². The van der Waals surface area contributed by atoms with E-state index in [4.69, 9.17) is 19.4 Å². The van der Waals surface area contributed by atoms with E-state index in [0.717, 1.165) is 17.0 Å². The van der Waals surface area contributed by atoms with Crippen molar-refractivity contribution in [2.45, 2.75) is 31.6 Å². The third-order valence-electron chi connectivity index (χ3n) is 14.4. The third kappa shape index (κ3) is 11.8. The van der Waals surface area contributed by atoms with Crippen molar-refractivity contribution in [3.05, 3.63) is 186 Å². The van der Waals surface area contributed by atoms with Gasteiger partial charge in [-0.1, -0.05) is 59.1 Å². The van der Waals surface area contributed by atoms with Crippen LogP contribution in [0, 0.1) is 0 Å². The van der Waals surface area contributed by atoms with Gasteiger partial charge in [0.25, 0.3) is 23.9 Å². The molecule has 89 heavy (non-hydrogen) atoms. The second-order valence-electron chi connectivity index (χ2n) is 20.2. The number of fused-ring (bicyclic) bond motifs is 3. The highest BCUT2D eigenvalue weighted by atomic mass is 19.4. The van der Waals surface area contributed by atoms with Crippen LogP contribution in [0.4, 0.5) is 59.8 Å². The Hall–Kier alpha value is -11.2. The zero-order valence-corrected chi connectivity index (χ0v) is 46.0. The Kier molecular flexibility index (Phi) is 14.9. The molecule has 13 rings (SSSR count). The van der Waals surface area contributed by atoms with Crippen molar-refractivity contribution in [1.29, 1.82) is 0 Å². The third-order valence-corrected chi connectivity index (χ3v) is 14.4. The summed E-state index contributed by atoms with van der Waals surface area (Å²) in [6.07, 6.45) is -3.89. The van der Waals surface area contributed by atoms with Crippen LogP contribution in [-0.4, -0.2) is 117 Å². The molecule has 450 valence electrons. The number of nitrogens with one attached hydrogen (secondary N) is 3. The van der Waals surface area contributed by atoms with Crippen LogP contribution in [0.2, 0.25) is 0 Å². The number of hydrogen-bond donors (Lipinski definition) is 3. The van der Waals surface area contributed by atoms with E-state index in [1.807, 2.05) is 11.0 Å². The van der Waals surface area contributed by atoms with E-state index in [0.29, 0.717) is 55.9 Å². The summed E-state index contributed by atoms with van der Waals surface area (Å²) in [6, 6.07) is 28.0. The summed E-state index contributed by atoms with van der Waals surface area (Å²) >= 11 is 0. The average Bonchev–Trinajstić information content (AvgIpc) is 1.76. The minimum Gasteiger partial charge on any atom is -0.473 e. The first-order valence-electron chi connectivity index (χ1n) is 27.3. The van der Waals surface area contributed by atoms with Gasteiger partial charge in [0.2, 0.25) is 11.5 Å². The summed E-state index contributed by atoms with van der Waals surface area (Å²) in [6.45, 7) is 2.58. The second-order valence-corrected chi connectivity index (χ2v) is 20.2. The maximum Gasteiger partial charge on any atom is 0.417 e. The number of anilines is 5. The van der Waals surface area contributed by atoms with Crippen molar-refractivity contribution in [3.8, 4) is 34.3 Å². The van der Waals surface area contributed by atoms with Crippen LogP contribution in [0.15, 0.2) is 152 Å². The molecule has 11 aromatic rings. The molecule has 3 N–H and O–H groups in total. The molecule has 0 bridgehead atoms. The Bertz CT molecular complexity index is 4550. The number of rotatable bonds is 15. The number of ether oxygens (including phenoxy) is 2. The van der Waals surface area contributed by atoms with Gasteiger partial charge >= 0.3 is 18.2 Å². The number of benzene rings is 2. The zero-order chi connectivity index (χ0) is 61.6.